The molecule has 0 aliphatic carbocycles. The number of amides is 1. The molecule has 116 valence electrons. The third-order valence-electron chi connectivity index (χ3n) is 3.63. The number of hydrogen-bond donors (Lipinski definition) is 1. The van der Waals surface area contributed by atoms with Gasteiger partial charge in [0.05, 0.1) is 20.3 Å². The van der Waals surface area contributed by atoms with Gasteiger partial charge in [-0.25, -0.2) is 0 Å². The van der Waals surface area contributed by atoms with Crippen LogP contribution in [0.1, 0.15) is 31.5 Å². The van der Waals surface area contributed by atoms with Crippen LogP contribution in [0.3, 0.4) is 0 Å². The zero-order valence-corrected chi connectivity index (χ0v) is 12.8. The average Bonchev–Trinajstić information content (AvgIpc) is 2.88. The third kappa shape index (κ3) is 4.19. The number of nitrogens with one attached hydrogen (secondary N) is 1. The first-order valence-electron chi connectivity index (χ1n) is 7.50. The van der Waals surface area contributed by atoms with Crippen LogP contribution >= 0.6 is 0 Å². The summed E-state index contributed by atoms with van der Waals surface area (Å²) in [6.45, 7) is 4.48. The maximum atomic E-state index is 12.0. The van der Waals surface area contributed by atoms with Crippen molar-refractivity contribution >= 4 is 5.91 Å². The monoisotopic (exact) mass is 292 g/mol. The number of ether oxygens (including phenoxy) is 2. The van der Waals surface area contributed by atoms with Crippen LogP contribution in [0.15, 0.2) is 24.3 Å². The van der Waals surface area contributed by atoms with Gasteiger partial charge in [0.2, 0.25) is 5.91 Å². The predicted octanol–water partition coefficient (Wildman–Crippen LogP) is 1.94. The lowest BCUT2D eigenvalue weighted by molar-refractivity contribution is -0.128. The van der Waals surface area contributed by atoms with E-state index >= 15 is 0 Å². The van der Waals surface area contributed by atoms with Crippen LogP contribution in [-0.2, 0) is 9.53 Å². The zero-order chi connectivity index (χ0) is 15.1. The summed E-state index contributed by atoms with van der Waals surface area (Å²) in [6, 6.07) is 7.80. The second kappa shape index (κ2) is 8.00. The largest absolute Gasteiger partial charge is 0.497 e. The fraction of sp³-hybridized carbons (Fsp3) is 0.562. The van der Waals surface area contributed by atoms with Crippen LogP contribution in [0, 0.1) is 0 Å². The predicted molar refractivity (Wildman–Crippen MR) is 81.2 cm³/mol. The van der Waals surface area contributed by atoms with Gasteiger partial charge in [0.15, 0.2) is 0 Å². The van der Waals surface area contributed by atoms with Crippen LogP contribution in [0.2, 0.25) is 0 Å². The summed E-state index contributed by atoms with van der Waals surface area (Å²) in [5.41, 5.74) is 1.07. The van der Waals surface area contributed by atoms with Crippen LogP contribution in [0.25, 0.3) is 0 Å². The lowest BCUT2D eigenvalue weighted by atomic mass is 10.1. The molecule has 5 nitrogen and oxygen atoms in total. The Labute approximate surface area is 126 Å². The van der Waals surface area contributed by atoms with Gasteiger partial charge < -0.3 is 14.4 Å². The number of methoxy groups -OCH3 is 1. The first kappa shape index (κ1) is 15.8. The van der Waals surface area contributed by atoms with E-state index in [1.807, 2.05) is 29.2 Å². The third-order valence-corrected chi connectivity index (χ3v) is 3.63. The van der Waals surface area contributed by atoms with E-state index in [1.54, 1.807) is 7.11 Å². The fourth-order valence-corrected chi connectivity index (χ4v) is 2.39. The molecule has 1 aromatic carbocycles. The molecule has 0 bridgehead atoms. The summed E-state index contributed by atoms with van der Waals surface area (Å²) in [5.74, 6) is 0.937. The Hall–Kier alpha value is -1.59. The van der Waals surface area contributed by atoms with Crippen LogP contribution < -0.4 is 10.1 Å². The van der Waals surface area contributed by atoms with Gasteiger partial charge in [-0.15, -0.1) is 0 Å². The second-order valence-corrected chi connectivity index (χ2v) is 5.11. The Bertz CT molecular complexity index is 447. The van der Waals surface area contributed by atoms with Crippen molar-refractivity contribution in [1.29, 1.82) is 0 Å². The highest BCUT2D eigenvalue weighted by Gasteiger charge is 2.31. The first-order chi connectivity index (χ1) is 10.3. The molecule has 1 aromatic rings. The first-order valence-corrected chi connectivity index (χ1v) is 7.50. The Kier molecular flexibility index (Phi) is 6.02. The smallest absolute Gasteiger partial charge is 0.238 e. The highest BCUT2D eigenvalue weighted by molar-refractivity contribution is 5.80. The molecular weight excluding hydrogens is 268 g/mol. The number of carbonyl (C=O) groups is 1. The molecule has 1 aliphatic rings. The number of rotatable bonds is 8. The molecule has 1 N–H and O–H groups in total. The van der Waals surface area contributed by atoms with Crippen molar-refractivity contribution in [1.82, 2.24) is 10.2 Å². The lowest BCUT2D eigenvalue weighted by Crippen LogP contribution is -2.33. The minimum Gasteiger partial charge on any atom is -0.497 e. The maximum Gasteiger partial charge on any atom is 0.238 e. The van der Waals surface area contributed by atoms with Gasteiger partial charge in [0.25, 0.3) is 0 Å². The molecule has 1 amide bonds. The van der Waals surface area contributed by atoms with Gasteiger partial charge in [-0.3, -0.25) is 10.1 Å². The summed E-state index contributed by atoms with van der Waals surface area (Å²) in [5, 5.41) is 3.24. The van der Waals surface area contributed by atoms with Crippen molar-refractivity contribution in [2.24, 2.45) is 0 Å². The van der Waals surface area contributed by atoms with E-state index in [0.29, 0.717) is 19.7 Å². The fourth-order valence-electron chi connectivity index (χ4n) is 2.39. The van der Waals surface area contributed by atoms with E-state index in [0.717, 1.165) is 30.8 Å². The maximum absolute atomic E-state index is 12.0. The second-order valence-electron chi connectivity index (χ2n) is 5.11. The Morgan fingerprint density at radius 2 is 2.05 bits per heavy atom. The van der Waals surface area contributed by atoms with Gasteiger partial charge in [0.1, 0.15) is 11.9 Å². The summed E-state index contributed by atoms with van der Waals surface area (Å²) < 4.78 is 10.7. The number of hydrogen-bond acceptors (Lipinski definition) is 4. The average molecular weight is 292 g/mol. The molecule has 0 spiro atoms. The van der Waals surface area contributed by atoms with Gasteiger partial charge in [-0.1, -0.05) is 25.5 Å². The van der Waals surface area contributed by atoms with Crippen molar-refractivity contribution in [2.45, 2.75) is 25.9 Å². The van der Waals surface area contributed by atoms with Crippen LogP contribution in [0.4, 0.5) is 0 Å². The Morgan fingerprint density at radius 3 is 2.71 bits per heavy atom. The zero-order valence-electron chi connectivity index (χ0n) is 12.8. The Morgan fingerprint density at radius 1 is 1.29 bits per heavy atom. The van der Waals surface area contributed by atoms with Crippen LogP contribution in [0.5, 0.6) is 5.75 Å². The van der Waals surface area contributed by atoms with E-state index < -0.39 is 0 Å². The normalized spacial score (nSPS) is 18.3. The number of unbranched alkanes of at least 4 members (excludes halogenated alkanes) is 1. The molecule has 0 aromatic heterocycles. The highest BCUT2D eigenvalue weighted by Crippen LogP contribution is 2.24. The standard InChI is InChI=1S/C16H24N2O3/c1-3-4-10-21-11-9-18-15(19)12-17-16(18)13-5-7-14(20-2)8-6-13/h5-8,16-17H,3-4,9-12H2,1-2H3. The molecule has 1 fully saturated rings. The van der Waals surface area contributed by atoms with Crippen molar-refractivity contribution in [3.63, 3.8) is 0 Å². The quantitative estimate of drug-likeness (QED) is 0.744. The number of benzene rings is 1. The van der Waals surface area contributed by atoms with E-state index in [2.05, 4.69) is 12.2 Å². The minimum absolute atomic E-state index is 0.0711. The summed E-state index contributed by atoms with van der Waals surface area (Å²) in [4.78, 5) is 13.8. The van der Waals surface area contributed by atoms with E-state index in [-0.39, 0.29) is 12.1 Å². The summed E-state index contributed by atoms with van der Waals surface area (Å²) in [7, 11) is 1.65. The van der Waals surface area contributed by atoms with Crippen molar-refractivity contribution in [3.8, 4) is 5.75 Å². The highest BCUT2D eigenvalue weighted by atomic mass is 16.5. The molecule has 0 saturated carbocycles. The van der Waals surface area contributed by atoms with E-state index in [9.17, 15) is 4.79 Å². The molecule has 21 heavy (non-hydrogen) atoms. The van der Waals surface area contributed by atoms with Crippen molar-refractivity contribution in [2.75, 3.05) is 33.4 Å². The molecular formula is C16H24N2O3. The van der Waals surface area contributed by atoms with Crippen molar-refractivity contribution < 1.29 is 14.3 Å². The topological polar surface area (TPSA) is 50.8 Å². The summed E-state index contributed by atoms with van der Waals surface area (Å²) >= 11 is 0. The van der Waals surface area contributed by atoms with E-state index in [1.165, 1.54) is 0 Å². The molecule has 1 heterocycles. The SMILES string of the molecule is CCCCOCCN1C(=O)CNC1c1ccc(OC)cc1. The van der Waals surface area contributed by atoms with Gasteiger partial charge >= 0.3 is 0 Å². The van der Waals surface area contributed by atoms with E-state index in [4.69, 9.17) is 9.47 Å². The number of carbonyl (C=O) groups excluding carboxylic acids is 1. The van der Waals surface area contributed by atoms with Crippen LogP contribution in [-0.4, -0.2) is 44.2 Å². The molecule has 2 rings (SSSR count). The van der Waals surface area contributed by atoms with Gasteiger partial charge in [0, 0.05) is 13.2 Å². The van der Waals surface area contributed by atoms with Gasteiger partial charge in [-0.2, -0.15) is 0 Å². The molecule has 1 aliphatic heterocycles. The number of nitrogens with zero attached hydrogens (tertiary/aromatic N) is 1. The summed E-state index contributed by atoms with van der Waals surface area (Å²) in [6.07, 6.45) is 2.12. The minimum atomic E-state index is -0.0711. The van der Waals surface area contributed by atoms with Crippen molar-refractivity contribution in [3.05, 3.63) is 29.8 Å². The Balaban J connectivity index is 1.92. The molecule has 1 atom stereocenters. The molecule has 5 heteroatoms. The molecule has 0 radical (unpaired) electrons. The molecule has 1 saturated heterocycles. The lowest BCUT2D eigenvalue weighted by Gasteiger charge is -2.24. The van der Waals surface area contributed by atoms with Gasteiger partial charge in [-0.05, 0) is 24.1 Å². The molecule has 1 unspecified atom stereocenters.